The third-order valence-corrected chi connectivity index (χ3v) is 2.66. The van der Waals surface area contributed by atoms with Crippen molar-refractivity contribution in [3.05, 3.63) is 36.3 Å². The molecule has 0 aromatic carbocycles. The maximum Gasteiger partial charge on any atom is 0.0410 e. The molecule has 2 rings (SSSR count). The highest BCUT2D eigenvalue weighted by Gasteiger charge is 2.14. The second-order valence-electron chi connectivity index (χ2n) is 4.02. The first kappa shape index (κ1) is 10.8. The molecule has 0 bridgehead atoms. The third-order valence-electron chi connectivity index (χ3n) is 2.66. The minimum Gasteiger partial charge on any atom is -0.361 e. The number of aromatic nitrogens is 1. The summed E-state index contributed by atoms with van der Waals surface area (Å²) in [7, 11) is 2.08. The predicted molar refractivity (Wildman–Crippen MR) is 65.8 cm³/mol. The number of likely N-dealkylation sites (N-methyl/N-ethyl adjacent to an activating group) is 1. The molecule has 4 heteroatoms. The number of hydrogen-bond acceptors (Lipinski definition) is 4. The molecule has 0 saturated carbocycles. The van der Waals surface area contributed by atoms with Crippen LogP contribution < -0.4 is 5.32 Å². The largest absolute Gasteiger partial charge is 0.361 e. The SMILES string of the molecule is CN1CCC(=N)/C(=C\Nc2ccncc2)C1. The fraction of sp³-hybridized carbons (Fsp3) is 0.333. The fourth-order valence-electron chi connectivity index (χ4n) is 1.68. The van der Waals surface area contributed by atoms with Crippen LogP contribution >= 0.6 is 0 Å². The van der Waals surface area contributed by atoms with Crippen molar-refractivity contribution in [2.75, 3.05) is 25.5 Å². The first-order chi connectivity index (χ1) is 7.75. The first-order valence-electron chi connectivity index (χ1n) is 5.37. The van der Waals surface area contributed by atoms with E-state index in [-0.39, 0.29) is 0 Å². The van der Waals surface area contributed by atoms with Crippen LogP contribution in [0.5, 0.6) is 0 Å². The van der Waals surface area contributed by atoms with Gasteiger partial charge in [0.25, 0.3) is 0 Å². The molecule has 84 valence electrons. The van der Waals surface area contributed by atoms with Crippen LogP contribution in [-0.2, 0) is 0 Å². The van der Waals surface area contributed by atoms with Crippen molar-refractivity contribution in [2.45, 2.75) is 6.42 Å². The minimum absolute atomic E-state index is 0.736. The zero-order chi connectivity index (χ0) is 11.4. The Hall–Kier alpha value is -1.68. The summed E-state index contributed by atoms with van der Waals surface area (Å²) >= 11 is 0. The van der Waals surface area contributed by atoms with E-state index in [0.29, 0.717) is 0 Å². The fourth-order valence-corrected chi connectivity index (χ4v) is 1.68. The predicted octanol–water partition coefficient (Wildman–Crippen LogP) is 1.73. The maximum atomic E-state index is 7.85. The average Bonchev–Trinajstić information content (AvgIpc) is 2.32. The van der Waals surface area contributed by atoms with Crippen LogP contribution in [0.1, 0.15) is 6.42 Å². The van der Waals surface area contributed by atoms with Gasteiger partial charge in [0.1, 0.15) is 0 Å². The van der Waals surface area contributed by atoms with Crippen LogP contribution in [0.15, 0.2) is 36.3 Å². The van der Waals surface area contributed by atoms with Crippen LogP contribution in [0, 0.1) is 5.41 Å². The molecule has 1 aromatic heterocycles. The van der Waals surface area contributed by atoms with Gasteiger partial charge in [-0.15, -0.1) is 0 Å². The zero-order valence-corrected chi connectivity index (χ0v) is 9.40. The van der Waals surface area contributed by atoms with E-state index >= 15 is 0 Å². The summed E-state index contributed by atoms with van der Waals surface area (Å²) in [4.78, 5) is 6.18. The van der Waals surface area contributed by atoms with Crippen molar-refractivity contribution in [3.8, 4) is 0 Å². The van der Waals surface area contributed by atoms with Crippen molar-refractivity contribution in [1.29, 1.82) is 5.41 Å². The summed E-state index contributed by atoms with van der Waals surface area (Å²) in [5.41, 5.74) is 2.80. The summed E-state index contributed by atoms with van der Waals surface area (Å²) in [6.07, 6.45) is 6.26. The summed E-state index contributed by atoms with van der Waals surface area (Å²) in [5.74, 6) is 0. The van der Waals surface area contributed by atoms with E-state index in [9.17, 15) is 0 Å². The lowest BCUT2D eigenvalue weighted by Crippen LogP contribution is -2.32. The lowest BCUT2D eigenvalue weighted by Gasteiger charge is -2.25. The Balaban J connectivity index is 2.03. The van der Waals surface area contributed by atoms with Crippen molar-refractivity contribution >= 4 is 11.4 Å². The second-order valence-corrected chi connectivity index (χ2v) is 4.02. The molecule has 2 heterocycles. The van der Waals surface area contributed by atoms with Crippen LogP contribution in [0.3, 0.4) is 0 Å². The van der Waals surface area contributed by atoms with Crippen molar-refractivity contribution in [2.24, 2.45) is 0 Å². The Morgan fingerprint density at radius 2 is 2.19 bits per heavy atom. The molecule has 4 nitrogen and oxygen atoms in total. The smallest absolute Gasteiger partial charge is 0.0410 e. The monoisotopic (exact) mass is 216 g/mol. The van der Waals surface area contributed by atoms with E-state index in [2.05, 4.69) is 22.2 Å². The molecular weight excluding hydrogens is 200 g/mol. The standard InChI is InChI=1S/C12H16N4/c1-16-7-4-12(13)10(9-16)8-15-11-2-5-14-6-3-11/h2-3,5-6,8,13H,4,7,9H2,1H3,(H,14,15)/b10-8-,13-12?. The van der Waals surface area contributed by atoms with Gasteiger partial charge in [0.15, 0.2) is 0 Å². The lowest BCUT2D eigenvalue weighted by atomic mass is 10.0. The average molecular weight is 216 g/mol. The molecule has 1 aliphatic rings. The topological polar surface area (TPSA) is 52.0 Å². The Kier molecular flexibility index (Phi) is 3.31. The zero-order valence-electron chi connectivity index (χ0n) is 9.40. The molecule has 2 N–H and O–H groups in total. The molecule has 0 unspecified atom stereocenters. The van der Waals surface area contributed by atoms with E-state index in [1.54, 1.807) is 12.4 Å². The van der Waals surface area contributed by atoms with E-state index in [0.717, 1.165) is 36.5 Å². The molecule has 1 aliphatic heterocycles. The van der Waals surface area contributed by atoms with Crippen molar-refractivity contribution < 1.29 is 0 Å². The van der Waals surface area contributed by atoms with E-state index < -0.39 is 0 Å². The summed E-state index contributed by atoms with van der Waals surface area (Å²) in [6.45, 7) is 1.82. The molecule has 0 amide bonds. The van der Waals surface area contributed by atoms with Crippen LogP contribution in [0.2, 0.25) is 0 Å². The summed E-state index contributed by atoms with van der Waals surface area (Å²) in [6, 6.07) is 3.82. The highest BCUT2D eigenvalue weighted by atomic mass is 15.1. The number of hydrogen-bond donors (Lipinski definition) is 2. The van der Waals surface area contributed by atoms with Crippen molar-refractivity contribution in [1.82, 2.24) is 9.88 Å². The Labute approximate surface area is 95.5 Å². The van der Waals surface area contributed by atoms with Gasteiger partial charge in [-0.05, 0) is 19.2 Å². The van der Waals surface area contributed by atoms with Gasteiger partial charge < -0.3 is 15.6 Å². The minimum atomic E-state index is 0.736. The Bertz CT molecular complexity index is 397. The van der Waals surface area contributed by atoms with Gasteiger partial charge in [0, 0.05) is 55.1 Å². The van der Waals surface area contributed by atoms with E-state index in [1.165, 1.54) is 0 Å². The third kappa shape index (κ3) is 2.67. The van der Waals surface area contributed by atoms with Gasteiger partial charge in [-0.3, -0.25) is 4.98 Å². The highest BCUT2D eigenvalue weighted by molar-refractivity contribution is 5.99. The second kappa shape index (κ2) is 4.90. The van der Waals surface area contributed by atoms with Crippen molar-refractivity contribution in [3.63, 3.8) is 0 Å². The normalized spacial score (nSPS) is 20.1. The number of likely N-dealkylation sites (tertiary alicyclic amines) is 1. The van der Waals surface area contributed by atoms with E-state index in [1.807, 2.05) is 18.3 Å². The molecule has 1 saturated heterocycles. The molecule has 1 aromatic rings. The van der Waals surface area contributed by atoms with Crippen LogP contribution in [0.25, 0.3) is 0 Å². The molecule has 0 radical (unpaired) electrons. The van der Waals surface area contributed by atoms with Gasteiger partial charge in [0.2, 0.25) is 0 Å². The number of anilines is 1. The summed E-state index contributed by atoms with van der Waals surface area (Å²) in [5, 5.41) is 11.1. The summed E-state index contributed by atoms with van der Waals surface area (Å²) < 4.78 is 0. The van der Waals surface area contributed by atoms with Crippen LogP contribution in [0.4, 0.5) is 5.69 Å². The van der Waals surface area contributed by atoms with Gasteiger partial charge in [-0.2, -0.15) is 0 Å². The Morgan fingerprint density at radius 3 is 2.94 bits per heavy atom. The number of piperidine rings is 1. The lowest BCUT2D eigenvalue weighted by molar-refractivity contribution is 0.364. The molecule has 0 aliphatic carbocycles. The maximum absolute atomic E-state index is 7.85. The quantitative estimate of drug-likeness (QED) is 0.791. The number of nitrogens with zero attached hydrogens (tertiary/aromatic N) is 2. The van der Waals surface area contributed by atoms with Gasteiger partial charge >= 0.3 is 0 Å². The van der Waals surface area contributed by atoms with Crippen LogP contribution in [-0.4, -0.2) is 35.7 Å². The number of rotatable bonds is 2. The number of pyridine rings is 1. The van der Waals surface area contributed by atoms with E-state index in [4.69, 9.17) is 5.41 Å². The Morgan fingerprint density at radius 1 is 1.44 bits per heavy atom. The van der Waals surface area contributed by atoms with Gasteiger partial charge in [-0.25, -0.2) is 0 Å². The van der Waals surface area contributed by atoms with Gasteiger partial charge in [0.05, 0.1) is 0 Å². The molecule has 0 atom stereocenters. The highest BCUT2D eigenvalue weighted by Crippen LogP contribution is 2.12. The first-order valence-corrected chi connectivity index (χ1v) is 5.37. The molecule has 0 spiro atoms. The molecule has 1 fully saturated rings. The van der Waals surface area contributed by atoms with Gasteiger partial charge in [-0.1, -0.05) is 0 Å². The number of nitrogens with one attached hydrogen (secondary N) is 2. The molecular formula is C12H16N4. The molecule has 16 heavy (non-hydrogen) atoms.